The molecule has 0 radical (unpaired) electrons. The van der Waals surface area contributed by atoms with Crippen LogP contribution in [0, 0.1) is 23.7 Å². The molecule has 0 spiro atoms. The molecule has 1 saturated heterocycles. The van der Waals surface area contributed by atoms with Crippen LogP contribution in [0.3, 0.4) is 0 Å². The fourth-order valence-electron chi connectivity index (χ4n) is 5.14. The highest BCUT2D eigenvalue weighted by atomic mass is 16.6. The van der Waals surface area contributed by atoms with Crippen molar-refractivity contribution in [3.63, 3.8) is 0 Å². The number of ether oxygens (including phenoxy) is 2. The molecule has 2 saturated carbocycles. The Morgan fingerprint density at radius 1 is 1.19 bits per heavy atom. The molecule has 2 bridgehead atoms. The number of para-hydroxylation sites is 1. The van der Waals surface area contributed by atoms with Gasteiger partial charge in [-0.1, -0.05) is 32.0 Å². The lowest BCUT2D eigenvalue weighted by Gasteiger charge is -2.22. The fourth-order valence-corrected chi connectivity index (χ4v) is 5.14. The zero-order valence-electron chi connectivity index (χ0n) is 15.7. The largest absolute Gasteiger partial charge is 0.462 e. The molecular weight excluding hydrogens is 346 g/mol. The summed E-state index contributed by atoms with van der Waals surface area (Å²) in [6.07, 6.45) is 3.18. The molecular formula is C21H25NO5. The Kier molecular flexibility index (Phi) is 4.66. The first-order chi connectivity index (χ1) is 13.0. The third kappa shape index (κ3) is 3.01. The second-order valence-corrected chi connectivity index (χ2v) is 7.74. The lowest BCUT2D eigenvalue weighted by atomic mass is 9.80. The van der Waals surface area contributed by atoms with Gasteiger partial charge in [0, 0.05) is 11.6 Å². The average molecular weight is 371 g/mol. The predicted octanol–water partition coefficient (Wildman–Crippen LogP) is 2.49. The van der Waals surface area contributed by atoms with Crippen LogP contribution in [0.1, 0.15) is 37.8 Å². The minimum Gasteiger partial charge on any atom is -0.462 e. The number of fused-ring (bicyclic) bond motifs is 1. The van der Waals surface area contributed by atoms with Crippen molar-refractivity contribution in [3.8, 4) is 0 Å². The van der Waals surface area contributed by atoms with Gasteiger partial charge < -0.3 is 14.8 Å². The summed E-state index contributed by atoms with van der Waals surface area (Å²) in [6.45, 7) is 3.74. The number of amides is 1. The highest BCUT2D eigenvalue weighted by Crippen LogP contribution is 2.57. The van der Waals surface area contributed by atoms with E-state index in [0.29, 0.717) is 0 Å². The fraction of sp³-hybridized carbons (Fsp3) is 0.571. The molecule has 3 aliphatic rings. The monoisotopic (exact) mass is 371 g/mol. The average Bonchev–Trinajstić information content (AvgIpc) is 3.28. The summed E-state index contributed by atoms with van der Waals surface area (Å²) >= 11 is 0. The molecule has 6 nitrogen and oxygen atoms in total. The van der Waals surface area contributed by atoms with E-state index in [0.717, 1.165) is 42.5 Å². The molecule has 27 heavy (non-hydrogen) atoms. The summed E-state index contributed by atoms with van der Waals surface area (Å²) in [5, 5.41) is 2.90. The number of hydrogen-bond donors (Lipinski definition) is 1. The normalized spacial score (nSPS) is 30.3. The van der Waals surface area contributed by atoms with Gasteiger partial charge in [-0.05, 0) is 42.7 Å². The second-order valence-electron chi connectivity index (χ2n) is 7.74. The Balaban J connectivity index is 1.38. The predicted molar refractivity (Wildman–Crippen MR) is 97.9 cm³/mol. The maximum atomic E-state index is 12.6. The highest BCUT2D eigenvalue weighted by Gasteiger charge is 2.64. The van der Waals surface area contributed by atoms with E-state index in [9.17, 15) is 14.4 Å². The maximum Gasteiger partial charge on any atom is 0.310 e. The van der Waals surface area contributed by atoms with Crippen LogP contribution in [0.4, 0.5) is 5.69 Å². The molecule has 0 aromatic heterocycles. The highest BCUT2D eigenvalue weighted by molar-refractivity contribution is 5.95. The molecule has 4 rings (SSSR count). The standard InChI is InChI=1S/C21H25NO5/c1-3-11-6-5-7-12(4-2)19(11)22-16(23)10-26-20(24)17-13-8-14-15(9-13)27-21(25)18(14)17/h5-7,13-15,17-18H,3-4,8-10H2,1-2H3,(H,22,23)/t13-,14+,15-,17-,18-/m1/s1. The third-order valence-corrected chi connectivity index (χ3v) is 6.36. The molecule has 1 N–H and O–H groups in total. The number of nitrogens with one attached hydrogen (secondary N) is 1. The second kappa shape index (κ2) is 6.98. The van der Waals surface area contributed by atoms with E-state index < -0.39 is 11.9 Å². The summed E-state index contributed by atoms with van der Waals surface area (Å²) in [5.74, 6) is -1.62. The molecule has 1 heterocycles. The number of rotatable bonds is 6. The Bertz CT molecular complexity index is 765. The Labute approximate surface area is 158 Å². The Hall–Kier alpha value is -2.37. The first kappa shape index (κ1) is 18.0. The Morgan fingerprint density at radius 3 is 2.56 bits per heavy atom. The summed E-state index contributed by atoms with van der Waals surface area (Å²) in [5.41, 5.74) is 2.93. The molecule has 144 valence electrons. The summed E-state index contributed by atoms with van der Waals surface area (Å²) < 4.78 is 10.6. The quantitative estimate of drug-likeness (QED) is 0.777. The first-order valence-electron chi connectivity index (χ1n) is 9.81. The first-order valence-corrected chi connectivity index (χ1v) is 9.81. The molecule has 1 aromatic rings. The van der Waals surface area contributed by atoms with Crippen molar-refractivity contribution < 1.29 is 23.9 Å². The number of hydrogen-bond acceptors (Lipinski definition) is 5. The van der Waals surface area contributed by atoms with Gasteiger partial charge in [0.05, 0.1) is 11.8 Å². The van der Waals surface area contributed by atoms with Crippen molar-refractivity contribution in [1.82, 2.24) is 0 Å². The molecule has 6 heteroatoms. The van der Waals surface area contributed by atoms with Gasteiger partial charge >= 0.3 is 11.9 Å². The minimum atomic E-state index is -0.455. The van der Waals surface area contributed by atoms with Crippen molar-refractivity contribution in [2.75, 3.05) is 11.9 Å². The van der Waals surface area contributed by atoms with Gasteiger partial charge in [-0.2, -0.15) is 0 Å². The van der Waals surface area contributed by atoms with Crippen LogP contribution in [0.25, 0.3) is 0 Å². The van der Waals surface area contributed by atoms with E-state index in [1.165, 1.54) is 0 Å². The lowest BCUT2D eigenvalue weighted by Crippen LogP contribution is -2.35. The lowest BCUT2D eigenvalue weighted by molar-refractivity contribution is -0.157. The van der Waals surface area contributed by atoms with Crippen LogP contribution in [0.5, 0.6) is 0 Å². The van der Waals surface area contributed by atoms with Crippen LogP contribution < -0.4 is 5.32 Å². The van der Waals surface area contributed by atoms with Crippen molar-refractivity contribution in [1.29, 1.82) is 0 Å². The van der Waals surface area contributed by atoms with Crippen LogP contribution >= 0.6 is 0 Å². The van der Waals surface area contributed by atoms with Crippen molar-refractivity contribution in [2.45, 2.75) is 45.6 Å². The zero-order chi connectivity index (χ0) is 19.1. The van der Waals surface area contributed by atoms with E-state index in [1.807, 2.05) is 32.0 Å². The van der Waals surface area contributed by atoms with E-state index >= 15 is 0 Å². The number of carbonyl (C=O) groups excluding carboxylic acids is 3. The van der Waals surface area contributed by atoms with E-state index in [4.69, 9.17) is 9.47 Å². The maximum absolute atomic E-state index is 12.6. The molecule has 1 amide bonds. The molecule has 1 aromatic carbocycles. The number of esters is 2. The molecule has 5 atom stereocenters. The van der Waals surface area contributed by atoms with Gasteiger partial charge in [-0.3, -0.25) is 14.4 Å². The van der Waals surface area contributed by atoms with Crippen LogP contribution in [-0.2, 0) is 36.7 Å². The van der Waals surface area contributed by atoms with Crippen molar-refractivity contribution in [2.24, 2.45) is 23.7 Å². The Morgan fingerprint density at radius 2 is 1.89 bits per heavy atom. The van der Waals surface area contributed by atoms with Gasteiger partial charge in [0.15, 0.2) is 6.61 Å². The van der Waals surface area contributed by atoms with Crippen LogP contribution in [0.15, 0.2) is 18.2 Å². The van der Waals surface area contributed by atoms with Gasteiger partial charge in [-0.25, -0.2) is 0 Å². The smallest absolute Gasteiger partial charge is 0.310 e. The third-order valence-electron chi connectivity index (χ3n) is 6.36. The summed E-state index contributed by atoms with van der Waals surface area (Å²) in [4.78, 5) is 37.0. The summed E-state index contributed by atoms with van der Waals surface area (Å²) in [7, 11) is 0. The van der Waals surface area contributed by atoms with Crippen molar-refractivity contribution >= 4 is 23.5 Å². The number of benzene rings is 1. The van der Waals surface area contributed by atoms with Crippen molar-refractivity contribution in [3.05, 3.63) is 29.3 Å². The van der Waals surface area contributed by atoms with Gasteiger partial charge in [0.2, 0.25) is 0 Å². The number of anilines is 1. The molecule has 0 unspecified atom stereocenters. The van der Waals surface area contributed by atoms with Gasteiger partial charge in [0.25, 0.3) is 5.91 Å². The van der Waals surface area contributed by atoms with E-state index in [1.54, 1.807) is 0 Å². The topological polar surface area (TPSA) is 81.7 Å². The minimum absolute atomic E-state index is 0.0159. The van der Waals surface area contributed by atoms with E-state index in [-0.39, 0.29) is 42.3 Å². The molecule has 3 fully saturated rings. The number of carbonyl (C=O) groups is 3. The molecule has 2 aliphatic carbocycles. The van der Waals surface area contributed by atoms with Crippen LogP contribution in [0.2, 0.25) is 0 Å². The van der Waals surface area contributed by atoms with Gasteiger partial charge in [-0.15, -0.1) is 0 Å². The van der Waals surface area contributed by atoms with Gasteiger partial charge in [0.1, 0.15) is 6.10 Å². The SMILES string of the molecule is CCc1cccc(CC)c1NC(=O)COC(=O)[C@@H]1[C@@H]2C[C@@H]3[C@H]1C(=O)O[C@@H]3C2. The summed E-state index contributed by atoms with van der Waals surface area (Å²) in [6, 6.07) is 5.95. The zero-order valence-corrected chi connectivity index (χ0v) is 15.7. The number of aryl methyl sites for hydroxylation is 2. The molecule has 1 aliphatic heterocycles. The van der Waals surface area contributed by atoms with E-state index in [2.05, 4.69) is 5.32 Å². The van der Waals surface area contributed by atoms with Crippen LogP contribution in [-0.4, -0.2) is 30.6 Å².